The van der Waals surface area contributed by atoms with E-state index < -0.39 is 17.9 Å². The van der Waals surface area contributed by atoms with Crippen molar-refractivity contribution < 1.29 is 47.9 Å². The van der Waals surface area contributed by atoms with Crippen LogP contribution >= 0.6 is 0 Å². The number of anilines is 1. The first-order valence-electron chi connectivity index (χ1n) is 8.17. The zero-order chi connectivity index (χ0) is 21.7. The van der Waals surface area contributed by atoms with Gasteiger partial charge in [0, 0.05) is 6.07 Å². The molecule has 29 heavy (non-hydrogen) atoms. The average Bonchev–Trinajstić information content (AvgIpc) is 2.75. The molecule has 0 aromatic heterocycles. The highest BCUT2D eigenvalue weighted by Crippen LogP contribution is 2.48. The molecule has 0 atom stereocenters. The van der Waals surface area contributed by atoms with Gasteiger partial charge in [-0.3, -0.25) is 0 Å². The number of carbonyl (C=O) groups is 3. The van der Waals surface area contributed by atoms with Crippen LogP contribution in [0.25, 0.3) is 0 Å². The summed E-state index contributed by atoms with van der Waals surface area (Å²) in [4.78, 5) is 37.8. The van der Waals surface area contributed by atoms with Crippen LogP contribution in [0.5, 0.6) is 17.2 Å². The molecular formula is C18H21NO10. The van der Waals surface area contributed by atoms with Gasteiger partial charge in [0.15, 0.2) is 11.5 Å². The summed E-state index contributed by atoms with van der Waals surface area (Å²) in [6.07, 6.45) is 0. The number of carboxylic acid groups (broad SMARTS) is 1. The first-order valence-corrected chi connectivity index (χ1v) is 8.17. The van der Waals surface area contributed by atoms with Crippen LogP contribution in [0.4, 0.5) is 5.69 Å². The van der Waals surface area contributed by atoms with Gasteiger partial charge in [-0.15, -0.1) is 0 Å². The molecule has 158 valence electrons. The Bertz CT molecular complexity index is 861. The van der Waals surface area contributed by atoms with Crippen molar-refractivity contribution in [2.45, 2.75) is 0 Å². The molecule has 0 bridgehead atoms. The van der Waals surface area contributed by atoms with Crippen LogP contribution in [0.2, 0.25) is 0 Å². The third kappa shape index (κ3) is 3.90. The van der Waals surface area contributed by atoms with E-state index >= 15 is 0 Å². The molecule has 0 spiro atoms. The van der Waals surface area contributed by atoms with Crippen molar-refractivity contribution in [1.29, 1.82) is 0 Å². The summed E-state index contributed by atoms with van der Waals surface area (Å²) in [5, 5.41) is 9.76. The Balaban J connectivity index is 2.90. The molecule has 11 heteroatoms. The van der Waals surface area contributed by atoms with Crippen molar-refractivity contribution >= 4 is 23.6 Å². The summed E-state index contributed by atoms with van der Waals surface area (Å²) in [7, 11) is 6.24. The Kier molecular flexibility index (Phi) is 6.89. The van der Waals surface area contributed by atoms with Crippen LogP contribution in [0, 0.1) is 0 Å². The Morgan fingerprint density at radius 3 is 2.07 bits per heavy atom. The Hall–Kier alpha value is -3.47. The lowest BCUT2D eigenvalue weighted by Crippen LogP contribution is -2.39. The van der Waals surface area contributed by atoms with Gasteiger partial charge in [0.1, 0.15) is 18.1 Å². The second kappa shape index (κ2) is 9.15. The number of carboxylic acids is 1. The Morgan fingerprint density at radius 2 is 1.59 bits per heavy atom. The van der Waals surface area contributed by atoms with Gasteiger partial charge in [-0.1, -0.05) is 0 Å². The first-order chi connectivity index (χ1) is 13.9. The molecule has 0 amide bonds. The monoisotopic (exact) mass is 411 g/mol. The third-order valence-corrected chi connectivity index (χ3v) is 4.14. The average molecular weight is 411 g/mol. The molecule has 11 nitrogen and oxygen atoms in total. The lowest BCUT2D eigenvalue weighted by Gasteiger charge is -2.33. The molecule has 1 aliphatic rings. The van der Waals surface area contributed by atoms with Gasteiger partial charge >= 0.3 is 17.9 Å². The molecule has 0 saturated carbocycles. The van der Waals surface area contributed by atoms with Gasteiger partial charge in [-0.05, 0) is 0 Å². The van der Waals surface area contributed by atoms with Crippen molar-refractivity contribution in [3.8, 4) is 17.2 Å². The van der Waals surface area contributed by atoms with Gasteiger partial charge in [-0.25, -0.2) is 14.4 Å². The van der Waals surface area contributed by atoms with E-state index in [1.165, 1.54) is 27.4 Å². The number of carbonyl (C=O) groups excluding carboxylic acids is 2. The second-order valence-corrected chi connectivity index (χ2v) is 5.56. The van der Waals surface area contributed by atoms with Gasteiger partial charge < -0.3 is 38.4 Å². The van der Waals surface area contributed by atoms with Gasteiger partial charge in [-0.2, -0.15) is 0 Å². The van der Waals surface area contributed by atoms with Gasteiger partial charge in [0.2, 0.25) is 5.75 Å². The SMILES string of the molecule is COC(=O)C1=C(C(=O)OC)N(c2c(C(=O)O)cc(OC)c(OC)c2OC)COC1. The maximum atomic E-state index is 12.5. The largest absolute Gasteiger partial charge is 0.493 e. The number of rotatable bonds is 7. The summed E-state index contributed by atoms with van der Waals surface area (Å²) >= 11 is 0. The molecule has 0 fully saturated rings. The quantitative estimate of drug-likeness (QED) is 0.640. The number of methoxy groups -OCH3 is 5. The van der Waals surface area contributed by atoms with E-state index in [-0.39, 0.29) is 53.1 Å². The fraction of sp³-hybridized carbons (Fsp3) is 0.389. The van der Waals surface area contributed by atoms with Crippen LogP contribution < -0.4 is 19.1 Å². The number of esters is 2. The smallest absolute Gasteiger partial charge is 0.355 e. The Labute approximate surface area is 166 Å². The molecule has 1 aromatic rings. The van der Waals surface area contributed by atoms with Gasteiger partial charge in [0.25, 0.3) is 0 Å². The number of nitrogens with zero attached hydrogens (tertiary/aromatic N) is 1. The number of aromatic carboxylic acids is 1. The van der Waals surface area contributed by atoms with E-state index in [0.717, 1.165) is 19.1 Å². The summed E-state index contributed by atoms with van der Waals surface area (Å²) in [5.41, 5.74) is -0.743. The highest BCUT2D eigenvalue weighted by atomic mass is 16.5. The Morgan fingerprint density at radius 1 is 0.966 bits per heavy atom. The lowest BCUT2D eigenvalue weighted by atomic mass is 10.1. The number of benzene rings is 1. The summed E-state index contributed by atoms with van der Waals surface area (Å²) in [5.74, 6) is -2.91. The molecule has 1 aliphatic heterocycles. The zero-order valence-corrected chi connectivity index (χ0v) is 16.6. The van der Waals surface area contributed by atoms with Crippen molar-refractivity contribution in [2.24, 2.45) is 0 Å². The normalized spacial score (nSPS) is 13.6. The fourth-order valence-corrected chi connectivity index (χ4v) is 2.89. The van der Waals surface area contributed by atoms with Crippen molar-refractivity contribution in [1.82, 2.24) is 0 Å². The molecule has 0 saturated heterocycles. The minimum atomic E-state index is -1.34. The molecule has 0 radical (unpaired) electrons. The summed E-state index contributed by atoms with van der Waals surface area (Å²) in [6.45, 7) is -0.497. The predicted octanol–water partition coefficient (Wildman–Crippen LogP) is 0.805. The van der Waals surface area contributed by atoms with Crippen LogP contribution in [0.15, 0.2) is 17.3 Å². The second-order valence-electron chi connectivity index (χ2n) is 5.56. The van der Waals surface area contributed by atoms with E-state index in [9.17, 15) is 19.5 Å². The molecule has 1 aromatic carbocycles. The minimum Gasteiger partial charge on any atom is -0.493 e. The molecule has 0 unspecified atom stereocenters. The number of hydrogen-bond donors (Lipinski definition) is 1. The summed E-state index contributed by atoms with van der Waals surface area (Å²) in [6, 6.07) is 1.21. The highest BCUT2D eigenvalue weighted by molar-refractivity contribution is 6.06. The van der Waals surface area contributed by atoms with Crippen molar-refractivity contribution in [3.63, 3.8) is 0 Å². The van der Waals surface area contributed by atoms with Crippen LogP contribution in [0.1, 0.15) is 10.4 Å². The molecule has 1 N–H and O–H groups in total. The maximum absolute atomic E-state index is 12.5. The fourth-order valence-electron chi connectivity index (χ4n) is 2.89. The van der Waals surface area contributed by atoms with E-state index in [1.807, 2.05) is 0 Å². The number of ether oxygens (including phenoxy) is 6. The third-order valence-electron chi connectivity index (χ3n) is 4.14. The predicted molar refractivity (Wildman–Crippen MR) is 97.4 cm³/mol. The summed E-state index contributed by atoms with van der Waals surface area (Å²) < 4.78 is 30.8. The van der Waals surface area contributed by atoms with E-state index in [4.69, 9.17) is 28.4 Å². The molecule has 0 aliphatic carbocycles. The van der Waals surface area contributed by atoms with Crippen molar-refractivity contribution in [3.05, 3.63) is 22.9 Å². The molecule has 1 heterocycles. The first kappa shape index (κ1) is 21.8. The van der Waals surface area contributed by atoms with Crippen LogP contribution in [-0.4, -0.2) is 71.9 Å². The molecular weight excluding hydrogens is 390 g/mol. The minimum absolute atomic E-state index is 0.0413. The van der Waals surface area contributed by atoms with E-state index in [1.54, 1.807) is 0 Å². The zero-order valence-electron chi connectivity index (χ0n) is 16.6. The lowest BCUT2D eigenvalue weighted by molar-refractivity contribution is -0.140. The maximum Gasteiger partial charge on any atom is 0.355 e. The van der Waals surface area contributed by atoms with Crippen molar-refractivity contribution in [2.75, 3.05) is 53.8 Å². The van der Waals surface area contributed by atoms with Crippen LogP contribution in [-0.2, 0) is 23.8 Å². The van der Waals surface area contributed by atoms with Gasteiger partial charge in [0.05, 0.1) is 53.3 Å². The standard InChI is InChI=1S/C18H21NO10/c1-24-11-6-9(16(20)21)12(15(26-3)14(11)25-2)19-8-29-7-10(17(22)27-4)13(19)18(23)28-5/h6H,7-8H2,1-5H3,(H,20,21). The molecule has 2 rings (SSSR count). The van der Waals surface area contributed by atoms with E-state index in [2.05, 4.69) is 0 Å². The topological polar surface area (TPSA) is 130 Å². The van der Waals surface area contributed by atoms with Crippen LogP contribution in [0.3, 0.4) is 0 Å². The van der Waals surface area contributed by atoms with E-state index in [0.29, 0.717) is 0 Å². The number of hydrogen-bond acceptors (Lipinski definition) is 10. The highest BCUT2D eigenvalue weighted by Gasteiger charge is 2.37.